The molecular weight excluding hydrogens is 283 g/mol. The van der Waals surface area contributed by atoms with Gasteiger partial charge in [-0.3, -0.25) is 0 Å². The van der Waals surface area contributed by atoms with E-state index in [0.717, 1.165) is 13.0 Å². The van der Waals surface area contributed by atoms with Crippen LogP contribution in [0.1, 0.15) is 40.2 Å². The molecule has 1 aromatic carbocycles. The molecule has 1 heterocycles. The Morgan fingerprint density at radius 3 is 2.57 bits per heavy atom. The Kier molecular flexibility index (Phi) is 6.47. The monoisotopic (exact) mass is 310 g/mol. The van der Waals surface area contributed by atoms with E-state index in [-0.39, 0.29) is 12.1 Å². The average Bonchev–Trinajstić information content (AvgIpc) is 2.38. The third-order valence-corrected chi connectivity index (χ3v) is 3.39. The number of amides is 1. The number of alkyl carbamates (subject to hydrolysis) is 1. The molecule has 1 aliphatic heterocycles. The number of hydrogen-bond acceptors (Lipinski definition) is 3. The van der Waals surface area contributed by atoms with Crippen LogP contribution in [-0.4, -0.2) is 24.3 Å². The van der Waals surface area contributed by atoms with E-state index in [9.17, 15) is 4.79 Å². The highest BCUT2D eigenvalue weighted by Crippen LogP contribution is 2.29. The van der Waals surface area contributed by atoms with E-state index in [1.165, 1.54) is 11.3 Å². The number of carbonyl (C=O) groups excluding carboxylic acids is 1. The Balaban J connectivity index is 0.00000106. The molecule has 0 radical (unpaired) electrons. The molecule has 4 nitrogen and oxygen atoms in total. The lowest BCUT2D eigenvalue weighted by molar-refractivity contribution is 0.0505. The molecule has 2 atom stereocenters. The molecule has 1 aliphatic rings. The van der Waals surface area contributed by atoms with Gasteiger partial charge in [0.05, 0.1) is 6.04 Å². The van der Waals surface area contributed by atoms with Crippen LogP contribution in [0, 0.1) is 0 Å². The predicted molar refractivity (Wildman–Crippen MR) is 91.7 cm³/mol. The number of para-hydroxylation sites is 1. The summed E-state index contributed by atoms with van der Waals surface area (Å²) in [5.41, 5.74) is 1.98. The second-order valence-corrected chi connectivity index (χ2v) is 6.45. The minimum Gasteiger partial charge on any atom is -0.444 e. The summed E-state index contributed by atoms with van der Waals surface area (Å²) >= 11 is 0. The van der Waals surface area contributed by atoms with Crippen molar-refractivity contribution < 1.29 is 9.53 Å². The van der Waals surface area contributed by atoms with E-state index >= 15 is 0 Å². The fourth-order valence-corrected chi connectivity index (χ4v) is 2.71. The van der Waals surface area contributed by atoms with Crippen LogP contribution in [0.15, 0.2) is 24.3 Å². The van der Waals surface area contributed by atoms with E-state index in [1.807, 2.05) is 46.8 Å². The van der Waals surface area contributed by atoms with E-state index in [2.05, 4.69) is 31.5 Å². The van der Waals surface area contributed by atoms with Crippen LogP contribution in [0.2, 0.25) is 0 Å². The maximum absolute atomic E-state index is 11.8. The van der Waals surface area contributed by atoms with Gasteiger partial charge in [-0.2, -0.15) is 0 Å². The largest absolute Gasteiger partial charge is 0.444 e. The lowest BCUT2D eigenvalue weighted by atomic mass is 10.00. The fraction of sp³-hybridized carbons (Fsp3) is 0.562. The quantitative estimate of drug-likeness (QED) is 0.803. The normalized spacial score (nSPS) is 17.2. The van der Waals surface area contributed by atoms with Crippen molar-refractivity contribution in [3.05, 3.63) is 29.8 Å². The molecule has 1 aromatic rings. The third kappa shape index (κ3) is 5.55. The van der Waals surface area contributed by atoms with Gasteiger partial charge in [-0.1, -0.05) is 32.0 Å². The van der Waals surface area contributed by atoms with Gasteiger partial charge >= 0.3 is 6.09 Å². The topological polar surface area (TPSA) is 41.6 Å². The molecule has 0 saturated heterocycles. The zero-order valence-corrected chi connectivity index (χ0v) is 14.8. The summed E-state index contributed by atoms with van der Waals surface area (Å²) in [5.74, 6) is 0. The zero-order valence-electron chi connectivity index (χ0n) is 13.6. The van der Waals surface area contributed by atoms with Gasteiger partial charge in [-0.15, -0.1) is 0 Å². The Hall–Kier alpha value is -1.28. The van der Waals surface area contributed by atoms with E-state index < -0.39 is 5.60 Å². The number of anilines is 1. The Labute approximate surface area is 130 Å². The van der Waals surface area contributed by atoms with Crippen LogP contribution in [0.25, 0.3) is 0 Å². The highest BCUT2D eigenvalue weighted by atomic mass is 31.0. The zero-order chi connectivity index (χ0) is 16.0. The molecular formula is C16H27N2O2P. The molecule has 2 unspecified atom stereocenters. The summed E-state index contributed by atoms with van der Waals surface area (Å²) in [4.78, 5) is 11.8. The summed E-state index contributed by atoms with van der Waals surface area (Å²) < 4.78 is 7.37. The van der Waals surface area contributed by atoms with Crippen molar-refractivity contribution in [2.45, 2.75) is 52.7 Å². The molecule has 2 rings (SSSR count). The van der Waals surface area contributed by atoms with Crippen molar-refractivity contribution in [2.75, 3.05) is 11.2 Å². The van der Waals surface area contributed by atoms with Gasteiger partial charge in [0, 0.05) is 12.2 Å². The molecule has 5 heteroatoms. The first-order chi connectivity index (χ1) is 9.85. The average molecular weight is 310 g/mol. The van der Waals surface area contributed by atoms with Crippen molar-refractivity contribution in [3.8, 4) is 0 Å². The molecule has 0 spiro atoms. The number of ether oxygens (including phenoxy) is 1. The molecule has 118 valence electrons. The minimum absolute atomic E-state index is 0.0715. The SMILES string of the molecule is CC.CC(C)(C)OC(=O)NC1Cc2ccccc2N(P)C1. The lowest BCUT2D eigenvalue weighted by Crippen LogP contribution is -2.47. The summed E-state index contributed by atoms with van der Waals surface area (Å²) in [6.45, 7) is 10.4. The van der Waals surface area contributed by atoms with Crippen molar-refractivity contribution >= 4 is 21.2 Å². The van der Waals surface area contributed by atoms with Gasteiger partial charge in [-0.05, 0) is 48.2 Å². The highest BCUT2D eigenvalue weighted by molar-refractivity contribution is 7.19. The molecule has 0 saturated carbocycles. The fourth-order valence-electron chi connectivity index (χ4n) is 2.20. The van der Waals surface area contributed by atoms with Crippen LogP contribution in [0.5, 0.6) is 0 Å². The molecule has 21 heavy (non-hydrogen) atoms. The molecule has 0 bridgehead atoms. The van der Waals surface area contributed by atoms with Crippen molar-refractivity contribution in [2.24, 2.45) is 0 Å². The summed E-state index contributed by atoms with van der Waals surface area (Å²) in [6.07, 6.45) is 0.482. The van der Waals surface area contributed by atoms with Crippen molar-refractivity contribution in [1.29, 1.82) is 0 Å². The number of rotatable bonds is 1. The number of hydrogen-bond donors (Lipinski definition) is 1. The Morgan fingerprint density at radius 1 is 1.33 bits per heavy atom. The Morgan fingerprint density at radius 2 is 1.95 bits per heavy atom. The first-order valence-electron chi connectivity index (χ1n) is 7.45. The van der Waals surface area contributed by atoms with Gasteiger partial charge in [0.15, 0.2) is 0 Å². The number of nitrogens with zero attached hydrogens (tertiary/aromatic N) is 1. The van der Waals surface area contributed by atoms with Crippen LogP contribution >= 0.6 is 9.39 Å². The number of nitrogens with one attached hydrogen (secondary N) is 1. The van der Waals surface area contributed by atoms with E-state index in [4.69, 9.17) is 4.74 Å². The first-order valence-corrected chi connectivity index (χ1v) is 7.96. The van der Waals surface area contributed by atoms with Gasteiger partial charge < -0.3 is 14.7 Å². The number of carbonyl (C=O) groups is 1. The molecule has 1 N–H and O–H groups in total. The van der Waals surface area contributed by atoms with Gasteiger partial charge in [0.25, 0.3) is 0 Å². The second kappa shape index (κ2) is 7.65. The number of benzene rings is 1. The van der Waals surface area contributed by atoms with Crippen molar-refractivity contribution in [1.82, 2.24) is 5.32 Å². The lowest BCUT2D eigenvalue weighted by Gasteiger charge is -2.33. The van der Waals surface area contributed by atoms with E-state index in [0.29, 0.717) is 0 Å². The summed E-state index contributed by atoms with van der Waals surface area (Å²) in [7, 11) is 2.70. The van der Waals surface area contributed by atoms with E-state index in [1.54, 1.807) is 0 Å². The number of fused-ring (bicyclic) bond motifs is 1. The van der Waals surface area contributed by atoms with Gasteiger partial charge in [0.1, 0.15) is 5.60 Å². The predicted octanol–water partition coefficient (Wildman–Crippen LogP) is 3.76. The van der Waals surface area contributed by atoms with Crippen LogP contribution in [0.4, 0.5) is 10.5 Å². The second-order valence-electron chi connectivity index (χ2n) is 5.83. The molecule has 0 fully saturated rings. The van der Waals surface area contributed by atoms with Crippen LogP contribution in [0.3, 0.4) is 0 Å². The van der Waals surface area contributed by atoms with Crippen molar-refractivity contribution in [3.63, 3.8) is 0 Å². The Bertz CT molecular complexity index is 472. The highest BCUT2D eigenvalue weighted by Gasteiger charge is 2.25. The summed E-state index contributed by atoms with van der Waals surface area (Å²) in [6, 6.07) is 8.30. The van der Waals surface area contributed by atoms with Gasteiger partial charge in [0.2, 0.25) is 0 Å². The molecule has 0 aromatic heterocycles. The molecule has 1 amide bonds. The first kappa shape index (κ1) is 17.8. The minimum atomic E-state index is -0.461. The maximum Gasteiger partial charge on any atom is 0.407 e. The molecule has 0 aliphatic carbocycles. The van der Waals surface area contributed by atoms with Gasteiger partial charge in [-0.25, -0.2) is 4.79 Å². The summed E-state index contributed by atoms with van der Waals surface area (Å²) in [5, 5.41) is 2.93. The van der Waals surface area contributed by atoms with Crippen LogP contribution in [-0.2, 0) is 11.2 Å². The third-order valence-electron chi connectivity index (χ3n) is 2.91. The standard InChI is InChI=1S/C14H21N2O2P.C2H6/c1-14(2,3)18-13(17)15-11-8-10-6-4-5-7-12(10)16(19)9-11;1-2/h4-7,11H,8-9,19H2,1-3H3,(H,15,17);1-2H3. The van der Waals surface area contributed by atoms with Crippen LogP contribution < -0.4 is 9.99 Å². The maximum atomic E-state index is 11.8. The smallest absolute Gasteiger partial charge is 0.407 e.